The summed E-state index contributed by atoms with van der Waals surface area (Å²) < 4.78 is 5.68. The summed E-state index contributed by atoms with van der Waals surface area (Å²) in [6.45, 7) is 11.3. The van der Waals surface area contributed by atoms with Crippen LogP contribution in [0.2, 0.25) is 0 Å². The number of rotatable bonds is 7. The Morgan fingerprint density at radius 2 is 1.90 bits per heavy atom. The number of nitrogens with zero attached hydrogens (tertiary/aromatic N) is 2. The highest BCUT2D eigenvalue weighted by Crippen LogP contribution is 2.16. The van der Waals surface area contributed by atoms with E-state index in [2.05, 4.69) is 18.1 Å². The molecule has 2 heterocycles. The van der Waals surface area contributed by atoms with E-state index >= 15 is 0 Å². The van der Waals surface area contributed by atoms with Crippen molar-refractivity contribution in [3.8, 4) is 0 Å². The van der Waals surface area contributed by atoms with Crippen molar-refractivity contribution in [1.29, 1.82) is 0 Å². The highest BCUT2D eigenvalue weighted by atomic mass is 16.4. The van der Waals surface area contributed by atoms with Crippen molar-refractivity contribution in [2.24, 2.45) is 0 Å². The molecule has 1 aromatic heterocycles. The predicted molar refractivity (Wildman–Crippen MR) is 79.5 cm³/mol. The number of hydrogen-bond acceptors (Lipinski definition) is 3. The smallest absolute Gasteiger partial charge is 0.290 e. The lowest BCUT2D eigenvalue weighted by molar-refractivity contribution is 0.0755. The molecule has 0 N–H and O–H groups in total. The Hall–Kier alpha value is -1.81. The zero-order valence-corrected chi connectivity index (χ0v) is 11.9. The van der Waals surface area contributed by atoms with Crippen LogP contribution >= 0.6 is 0 Å². The first kappa shape index (κ1) is 14.6. The van der Waals surface area contributed by atoms with Gasteiger partial charge in [0.15, 0.2) is 5.76 Å². The van der Waals surface area contributed by atoms with Gasteiger partial charge in [-0.2, -0.15) is 0 Å². The van der Waals surface area contributed by atoms with E-state index in [0.717, 1.165) is 25.4 Å². The van der Waals surface area contributed by atoms with Gasteiger partial charge in [0.2, 0.25) is 0 Å². The van der Waals surface area contributed by atoms with Gasteiger partial charge in [-0.1, -0.05) is 12.2 Å². The van der Waals surface area contributed by atoms with Crippen LogP contribution in [0.15, 0.2) is 41.9 Å². The molecule has 1 fully saturated rings. The minimum atomic E-state index is -0.113. The maximum absolute atomic E-state index is 12.3. The van der Waals surface area contributed by atoms with Gasteiger partial charge in [-0.05, 0) is 38.1 Å². The number of carbonyl (C=O) groups excluding carboxylic acids is 1. The number of hydrogen-bond donors (Lipinski definition) is 0. The van der Waals surface area contributed by atoms with Crippen LogP contribution in [0.1, 0.15) is 29.2 Å². The quantitative estimate of drug-likeness (QED) is 0.717. The summed E-state index contributed by atoms with van der Waals surface area (Å²) in [5, 5.41) is 0. The second-order valence-electron chi connectivity index (χ2n) is 5.04. The Morgan fingerprint density at radius 1 is 1.25 bits per heavy atom. The molecule has 0 unspecified atom stereocenters. The Morgan fingerprint density at radius 3 is 2.50 bits per heavy atom. The van der Waals surface area contributed by atoms with Crippen molar-refractivity contribution in [3.63, 3.8) is 0 Å². The van der Waals surface area contributed by atoms with Crippen LogP contribution in [0.25, 0.3) is 0 Å². The molecule has 20 heavy (non-hydrogen) atoms. The molecule has 0 aliphatic carbocycles. The van der Waals surface area contributed by atoms with Crippen molar-refractivity contribution >= 4 is 5.91 Å². The average Bonchev–Trinajstić information content (AvgIpc) is 3.10. The number of likely N-dealkylation sites (tertiary alicyclic amines) is 1. The Balaban J connectivity index is 2.00. The predicted octanol–water partition coefficient (Wildman–Crippen LogP) is 2.69. The lowest BCUT2D eigenvalue weighted by Crippen LogP contribution is -2.31. The van der Waals surface area contributed by atoms with Crippen LogP contribution in [0.5, 0.6) is 0 Å². The van der Waals surface area contributed by atoms with E-state index in [1.165, 1.54) is 12.8 Å². The van der Waals surface area contributed by atoms with Crippen LogP contribution in [0, 0.1) is 0 Å². The van der Waals surface area contributed by atoms with Gasteiger partial charge in [-0.3, -0.25) is 9.69 Å². The van der Waals surface area contributed by atoms with Crippen molar-refractivity contribution in [1.82, 2.24) is 9.80 Å². The van der Waals surface area contributed by atoms with Gasteiger partial charge >= 0.3 is 0 Å². The molecular formula is C16H22N2O2. The molecule has 0 atom stereocenters. The molecule has 4 nitrogen and oxygen atoms in total. The molecule has 1 aliphatic rings. The molecule has 0 radical (unpaired) electrons. The van der Waals surface area contributed by atoms with Crippen molar-refractivity contribution in [2.75, 3.05) is 26.2 Å². The monoisotopic (exact) mass is 274 g/mol. The molecule has 2 rings (SSSR count). The lowest BCUT2D eigenvalue weighted by atomic mass is 10.3. The Bertz CT molecular complexity index is 463. The van der Waals surface area contributed by atoms with E-state index in [9.17, 15) is 4.79 Å². The van der Waals surface area contributed by atoms with Crippen LogP contribution in [-0.2, 0) is 6.54 Å². The van der Waals surface area contributed by atoms with Gasteiger partial charge in [-0.25, -0.2) is 0 Å². The summed E-state index contributed by atoms with van der Waals surface area (Å²) in [4.78, 5) is 16.3. The lowest BCUT2D eigenvalue weighted by Gasteiger charge is -2.17. The molecule has 4 heteroatoms. The van der Waals surface area contributed by atoms with E-state index < -0.39 is 0 Å². The van der Waals surface area contributed by atoms with Crippen LogP contribution in [0.4, 0.5) is 0 Å². The molecular weight excluding hydrogens is 252 g/mol. The first-order valence-corrected chi connectivity index (χ1v) is 7.06. The van der Waals surface area contributed by atoms with Crippen molar-refractivity contribution in [3.05, 3.63) is 49.0 Å². The minimum absolute atomic E-state index is 0.113. The fourth-order valence-corrected chi connectivity index (χ4v) is 2.45. The van der Waals surface area contributed by atoms with Crippen molar-refractivity contribution < 1.29 is 9.21 Å². The van der Waals surface area contributed by atoms with Crippen LogP contribution in [-0.4, -0.2) is 41.9 Å². The SMILES string of the molecule is C=CCN(CC=C)C(=O)c1ccc(CN2CCCC2)o1. The fraction of sp³-hybridized carbons (Fsp3) is 0.438. The average molecular weight is 274 g/mol. The molecule has 0 bridgehead atoms. The first-order chi connectivity index (χ1) is 9.74. The Kier molecular flexibility index (Phi) is 5.18. The van der Waals surface area contributed by atoms with E-state index in [1.807, 2.05) is 6.07 Å². The van der Waals surface area contributed by atoms with E-state index in [0.29, 0.717) is 18.8 Å². The summed E-state index contributed by atoms with van der Waals surface area (Å²) in [6.07, 6.45) is 5.91. The second kappa shape index (κ2) is 7.10. The number of carbonyl (C=O) groups is 1. The van der Waals surface area contributed by atoms with E-state index in [1.54, 1.807) is 23.1 Å². The molecule has 1 amide bonds. The van der Waals surface area contributed by atoms with Gasteiger partial charge < -0.3 is 9.32 Å². The second-order valence-corrected chi connectivity index (χ2v) is 5.04. The summed E-state index contributed by atoms with van der Waals surface area (Å²) in [6, 6.07) is 3.65. The Labute approximate surface area is 120 Å². The third-order valence-corrected chi connectivity index (χ3v) is 3.44. The molecule has 1 saturated heterocycles. The molecule has 0 saturated carbocycles. The van der Waals surface area contributed by atoms with Gasteiger partial charge in [0.1, 0.15) is 5.76 Å². The highest BCUT2D eigenvalue weighted by molar-refractivity contribution is 5.91. The van der Waals surface area contributed by atoms with E-state index in [4.69, 9.17) is 4.42 Å². The maximum Gasteiger partial charge on any atom is 0.290 e. The summed E-state index contributed by atoms with van der Waals surface area (Å²) >= 11 is 0. The zero-order chi connectivity index (χ0) is 14.4. The summed E-state index contributed by atoms with van der Waals surface area (Å²) in [5.41, 5.74) is 0. The third-order valence-electron chi connectivity index (χ3n) is 3.44. The third kappa shape index (κ3) is 3.61. The summed E-state index contributed by atoms with van der Waals surface area (Å²) in [5.74, 6) is 1.13. The van der Waals surface area contributed by atoms with Gasteiger partial charge in [-0.15, -0.1) is 13.2 Å². The maximum atomic E-state index is 12.3. The van der Waals surface area contributed by atoms with Gasteiger partial charge in [0.05, 0.1) is 6.54 Å². The van der Waals surface area contributed by atoms with Crippen molar-refractivity contribution in [2.45, 2.75) is 19.4 Å². The van der Waals surface area contributed by atoms with Crippen LogP contribution in [0.3, 0.4) is 0 Å². The topological polar surface area (TPSA) is 36.7 Å². The van der Waals surface area contributed by atoms with Crippen LogP contribution < -0.4 is 0 Å². The van der Waals surface area contributed by atoms with Gasteiger partial charge in [0.25, 0.3) is 5.91 Å². The number of amides is 1. The van der Waals surface area contributed by atoms with E-state index in [-0.39, 0.29) is 5.91 Å². The normalized spacial score (nSPS) is 15.2. The highest BCUT2D eigenvalue weighted by Gasteiger charge is 2.19. The zero-order valence-electron chi connectivity index (χ0n) is 11.9. The molecule has 0 aromatic carbocycles. The largest absolute Gasteiger partial charge is 0.455 e. The summed E-state index contributed by atoms with van der Waals surface area (Å²) in [7, 11) is 0. The molecule has 1 aliphatic heterocycles. The molecule has 108 valence electrons. The molecule has 1 aromatic rings. The first-order valence-electron chi connectivity index (χ1n) is 7.06. The fourth-order valence-electron chi connectivity index (χ4n) is 2.45. The molecule has 0 spiro atoms. The standard InChI is InChI=1S/C16H22N2O2/c1-3-9-18(10-4-2)16(19)15-8-7-14(20-15)13-17-11-5-6-12-17/h3-4,7-8H,1-2,5-6,9-13H2. The van der Waals surface area contributed by atoms with Gasteiger partial charge in [0, 0.05) is 13.1 Å². The minimum Gasteiger partial charge on any atom is -0.455 e. The number of furan rings is 1.